The van der Waals surface area contributed by atoms with Crippen molar-refractivity contribution in [3.05, 3.63) is 34.1 Å². The van der Waals surface area contributed by atoms with E-state index in [9.17, 15) is 9.18 Å². The maximum atomic E-state index is 14.1. The van der Waals surface area contributed by atoms with Crippen molar-refractivity contribution in [1.29, 1.82) is 0 Å². The highest BCUT2D eigenvalue weighted by molar-refractivity contribution is 9.10. The molecule has 1 N–H and O–H groups in total. The molecule has 1 aromatic carbocycles. The third-order valence-electron chi connectivity index (χ3n) is 3.31. The molecule has 0 aromatic heterocycles. The summed E-state index contributed by atoms with van der Waals surface area (Å²) < 4.78 is 14.8. The molecule has 1 atom stereocenters. The molecule has 3 nitrogen and oxygen atoms in total. The quantitative estimate of drug-likeness (QED) is 0.868. The maximum Gasteiger partial charge on any atom is 0.304 e. The first-order chi connectivity index (χ1) is 9.12. The van der Waals surface area contributed by atoms with Crippen LogP contribution in [0.25, 0.3) is 0 Å². The molecule has 0 heterocycles. The number of halogens is 2. The number of rotatable bonds is 5. The van der Waals surface area contributed by atoms with Crippen molar-refractivity contribution in [3.63, 3.8) is 0 Å². The Morgan fingerprint density at radius 1 is 1.45 bits per heavy atom. The van der Waals surface area contributed by atoms with Crippen molar-refractivity contribution in [2.24, 2.45) is 0 Å². The average Bonchev–Trinajstić information content (AvgIpc) is 2.26. The van der Waals surface area contributed by atoms with Gasteiger partial charge in [-0.2, -0.15) is 0 Å². The van der Waals surface area contributed by atoms with Crippen LogP contribution in [-0.2, 0) is 4.79 Å². The molecule has 0 aliphatic rings. The molecule has 0 bridgehead atoms. The molecule has 0 saturated carbocycles. The Balaban J connectivity index is 3.03. The predicted molar refractivity (Wildman–Crippen MR) is 81.2 cm³/mol. The predicted octanol–water partition coefficient (Wildman–Crippen LogP) is 4.22. The van der Waals surface area contributed by atoms with Gasteiger partial charge in [0, 0.05) is 28.2 Å². The second kappa shape index (κ2) is 6.68. The normalized spacial score (nSPS) is 13.6. The highest BCUT2D eigenvalue weighted by atomic mass is 79.9. The number of carboxylic acid groups (broad SMARTS) is 1. The Labute approximate surface area is 127 Å². The summed E-state index contributed by atoms with van der Waals surface area (Å²) in [6, 6.07) is 4.78. The van der Waals surface area contributed by atoms with Gasteiger partial charge in [0.2, 0.25) is 0 Å². The third-order valence-corrected chi connectivity index (χ3v) is 3.80. The van der Waals surface area contributed by atoms with Crippen LogP contribution >= 0.6 is 15.9 Å². The van der Waals surface area contributed by atoms with Crippen molar-refractivity contribution in [2.45, 2.75) is 45.7 Å². The fourth-order valence-electron chi connectivity index (χ4n) is 2.33. The molecule has 0 amide bonds. The van der Waals surface area contributed by atoms with Crippen LogP contribution in [0, 0.1) is 5.82 Å². The smallest absolute Gasteiger partial charge is 0.304 e. The van der Waals surface area contributed by atoms with Gasteiger partial charge >= 0.3 is 5.97 Å². The molecular weight excluding hydrogens is 325 g/mol. The van der Waals surface area contributed by atoms with E-state index < -0.39 is 5.97 Å². The van der Waals surface area contributed by atoms with Crippen LogP contribution in [0.5, 0.6) is 0 Å². The van der Waals surface area contributed by atoms with Gasteiger partial charge in [-0.1, -0.05) is 22.0 Å². The first-order valence-corrected chi connectivity index (χ1v) is 7.35. The van der Waals surface area contributed by atoms with Gasteiger partial charge in [0.05, 0.1) is 6.42 Å². The van der Waals surface area contributed by atoms with Gasteiger partial charge in [-0.3, -0.25) is 9.69 Å². The lowest BCUT2D eigenvalue weighted by atomic mass is 9.98. The van der Waals surface area contributed by atoms with Crippen LogP contribution < -0.4 is 0 Å². The zero-order valence-electron chi connectivity index (χ0n) is 12.3. The lowest BCUT2D eigenvalue weighted by Crippen LogP contribution is -2.44. The topological polar surface area (TPSA) is 40.5 Å². The van der Waals surface area contributed by atoms with Gasteiger partial charge in [-0.15, -0.1) is 0 Å². The highest BCUT2D eigenvalue weighted by Crippen LogP contribution is 2.30. The SMILES string of the molecule is CC(c1ccc(Br)cc1F)N(CCC(=O)O)C(C)(C)C. The van der Waals surface area contributed by atoms with E-state index in [2.05, 4.69) is 15.9 Å². The summed E-state index contributed by atoms with van der Waals surface area (Å²) in [6.07, 6.45) is 0.0414. The van der Waals surface area contributed by atoms with E-state index in [-0.39, 0.29) is 23.8 Å². The molecule has 0 radical (unpaired) electrons. The van der Waals surface area contributed by atoms with Crippen molar-refractivity contribution >= 4 is 21.9 Å². The van der Waals surface area contributed by atoms with Crippen LogP contribution in [0.15, 0.2) is 22.7 Å². The van der Waals surface area contributed by atoms with Crippen LogP contribution in [0.1, 0.15) is 45.7 Å². The van der Waals surface area contributed by atoms with Gasteiger partial charge in [-0.05, 0) is 39.8 Å². The number of benzene rings is 1. The zero-order valence-corrected chi connectivity index (χ0v) is 13.9. The van der Waals surface area contributed by atoms with Gasteiger partial charge in [0.1, 0.15) is 5.82 Å². The lowest BCUT2D eigenvalue weighted by Gasteiger charge is -2.40. The largest absolute Gasteiger partial charge is 0.481 e. The second-order valence-electron chi connectivity index (χ2n) is 5.85. The van der Waals surface area contributed by atoms with E-state index in [0.29, 0.717) is 16.6 Å². The van der Waals surface area contributed by atoms with Crippen molar-refractivity contribution in [2.75, 3.05) is 6.54 Å². The Kier molecular flexibility index (Phi) is 5.71. The fourth-order valence-corrected chi connectivity index (χ4v) is 2.67. The number of hydrogen-bond acceptors (Lipinski definition) is 2. The van der Waals surface area contributed by atoms with Crippen LogP contribution in [0.4, 0.5) is 4.39 Å². The Hall–Kier alpha value is -0.940. The Bertz CT molecular complexity index is 485. The van der Waals surface area contributed by atoms with E-state index >= 15 is 0 Å². The highest BCUT2D eigenvalue weighted by Gasteiger charge is 2.28. The molecule has 0 fully saturated rings. The van der Waals surface area contributed by atoms with Crippen LogP contribution in [-0.4, -0.2) is 28.1 Å². The molecule has 20 heavy (non-hydrogen) atoms. The van der Waals surface area contributed by atoms with Gasteiger partial charge in [0.15, 0.2) is 0 Å². The Morgan fingerprint density at radius 2 is 2.05 bits per heavy atom. The zero-order chi connectivity index (χ0) is 15.5. The van der Waals surface area contributed by atoms with E-state index in [1.54, 1.807) is 12.1 Å². The minimum absolute atomic E-state index is 0.0414. The third kappa shape index (κ3) is 4.56. The van der Waals surface area contributed by atoms with Gasteiger partial charge < -0.3 is 5.11 Å². The molecule has 112 valence electrons. The average molecular weight is 346 g/mol. The molecule has 1 unspecified atom stereocenters. The molecule has 0 spiro atoms. The minimum Gasteiger partial charge on any atom is -0.481 e. The summed E-state index contributed by atoms with van der Waals surface area (Å²) >= 11 is 3.24. The van der Waals surface area contributed by atoms with Crippen LogP contribution in [0.2, 0.25) is 0 Å². The molecule has 0 saturated heterocycles. The number of carboxylic acids is 1. The second-order valence-corrected chi connectivity index (χ2v) is 6.77. The molecule has 0 aliphatic carbocycles. The van der Waals surface area contributed by atoms with E-state index in [1.165, 1.54) is 6.07 Å². The maximum absolute atomic E-state index is 14.1. The number of nitrogens with zero attached hydrogens (tertiary/aromatic N) is 1. The minimum atomic E-state index is -0.845. The summed E-state index contributed by atoms with van der Waals surface area (Å²) in [6.45, 7) is 8.29. The number of aliphatic carboxylic acids is 1. The summed E-state index contributed by atoms with van der Waals surface area (Å²) in [5, 5.41) is 8.86. The summed E-state index contributed by atoms with van der Waals surface area (Å²) in [5.41, 5.74) is 0.336. The van der Waals surface area contributed by atoms with E-state index in [1.807, 2.05) is 32.6 Å². The summed E-state index contributed by atoms with van der Waals surface area (Å²) in [5.74, 6) is -1.13. The molecular formula is C15H21BrFNO2. The van der Waals surface area contributed by atoms with E-state index in [4.69, 9.17) is 5.11 Å². The fraction of sp³-hybridized carbons (Fsp3) is 0.533. The van der Waals surface area contributed by atoms with Crippen LogP contribution in [0.3, 0.4) is 0 Å². The molecule has 0 aliphatic heterocycles. The summed E-state index contributed by atoms with van der Waals surface area (Å²) in [7, 11) is 0. The lowest BCUT2D eigenvalue weighted by molar-refractivity contribution is -0.137. The monoisotopic (exact) mass is 345 g/mol. The number of hydrogen-bond donors (Lipinski definition) is 1. The van der Waals surface area contributed by atoms with Crippen molar-refractivity contribution in [3.8, 4) is 0 Å². The molecule has 1 rings (SSSR count). The Morgan fingerprint density at radius 3 is 2.50 bits per heavy atom. The van der Waals surface area contributed by atoms with Gasteiger partial charge in [-0.25, -0.2) is 4.39 Å². The van der Waals surface area contributed by atoms with Crippen molar-refractivity contribution < 1.29 is 14.3 Å². The number of carbonyl (C=O) groups is 1. The molecule has 5 heteroatoms. The first-order valence-electron chi connectivity index (χ1n) is 6.56. The summed E-state index contributed by atoms with van der Waals surface area (Å²) in [4.78, 5) is 12.8. The molecule has 1 aromatic rings. The standard InChI is InChI=1S/C15H21BrFNO2/c1-10(12-6-5-11(16)9-13(12)17)18(15(2,3)4)8-7-14(19)20/h5-6,9-10H,7-8H2,1-4H3,(H,19,20). The first kappa shape index (κ1) is 17.1. The van der Waals surface area contributed by atoms with Crippen molar-refractivity contribution in [1.82, 2.24) is 4.90 Å². The van der Waals surface area contributed by atoms with E-state index in [0.717, 1.165) is 0 Å². The van der Waals surface area contributed by atoms with Gasteiger partial charge in [0.25, 0.3) is 0 Å².